The fourth-order valence-electron chi connectivity index (χ4n) is 2.25. The van der Waals surface area contributed by atoms with Crippen LogP contribution in [0.2, 0.25) is 0 Å². The van der Waals surface area contributed by atoms with Crippen molar-refractivity contribution in [1.82, 2.24) is 14.5 Å². The number of rotatable bonds is 4. The molecule has 0 amide bonds. The van der Waals surface area contributed by atoms with Crippen LogP contribution < -0.4 is 10.5 Å². The smallest absolute Gasteiger partial charge is 0.138 e. The standard InChI is InChI=1S/C15H16N4O/c1-20-11-6-7-14(17-10-11)19-13-5-3-2-4-12(13)18-15(19)8-9-16/h2-7,10H,8-9,16H2,1H3. The van der Waals surface area contributed by atoms with Gasteiger partial charge in [-0.3, -0.25) is 4.57 Å². The molecule has 20 heavy (non-hydrogen) atoms. The lowest BCUT2D eigenvalue weighted by atomic mass is 10.3. The van der Waals surface area contributed by atoms with Gasteiger partial charge in [-0.2, -0.15) is 0 Å². The summed E-state index contributed by atoms with van der Waals surface area (Å²) in [5.74, 6) is 2.48. The molecule has 2 heterocycles. The molecule has 0 spiro atoms. The molecule has 102 valence electrons. The van der Waals surface area contributed by atoms with Crippen LogP contribution in [-0.4, -0.2) is 28.2 Å². The van der Waals surface area contributed by atoms with E-state index >= 15 is 0 Å². The van der Waals surface area contributed by atoms with Crippen LogP contribution in [0.3, 0.4) is 0 Å². The molecule has 0 radical (unpaired) electrons. The normalized spacial score (nSPS) is 10.9. The van der Waals surface area contributed by atoms with E-state index in [0.29, 0.717) is 13.0 Å². The third kappa shape index (κ3) is 2.12. The number of imidazole rings is 1. The van der Waals surface area contributed by atoms with Gasteiger partial charge in [0.2, 0.25) is 0 Å². The highest BCUT2D eigenvalue weighted by Crippen LogP contribution is 2.21. The molecule has 0 saturated heterocycles. The SMILES string of the molecule is COc1ccc(-n2c(CCN)nc3ccccc32)nc1. The second kappa shape index (κ2) is 5.30. The fraction of sp³-hybridized carbons (Fsp3) is 0.200. The van der Waals surface area contributed by atoms with Crippen molar-refractivity contribution >= 4 is 11.0 Å². The lowest BCUT2D eigenvalue weighted by molar-refractivity contribution is 0.413. The van der Waals surface area contributed by atoms with E-state index in [1.165, 1.54) is 0 Å². The number of aromatic nitrogens is 3. The first kappa shape index (κ1) is 12.6. The van der Waals surface area contributed by atoms with Gasteiger partial charge in [-0.1, -0.05) is 12.1 Å². The van der Waals surface area contributed by atoms with Gasteiger partial charge in [-0.25, -0.2) is 9.97 Å². The highest BCUT2D eigenvalue weighted by molar-refractivity contribution is 5.77. The molecule has 2 aromatic heterocycles. The van der Waals surface area contributed by atoms with Crippen LogP contribution in [-0.2, 0) is 6.42 Å². The van der Waals surface area contributed by atoms with Crippen molar-refractivity contribution in [1.29, 1.82) is 0 Å². The zero-order valence-corrected chi connectivity index (χ0v) is 11.3. The summed E-state index contributed by atoms with van der Waals surface area (Å²) in [6.45, 7) is 0.555. The maximum atomic E-state index is 5.68. The number of pyridine rings is 1. The van der Waals surface area contributed by atoms with E-state index in [9.17, 15) is 0 Å². The molecule has 0 unspecified atom stereocenters. The first-order valence-corrected chi connectivity index (χ1v) is 6.50. The number of hydrogen-bond acceptors (Lipinski definition) is 4. The minimum absolute atomic E-state index is 0.555. The average molecular weight is 268 g/mol. The second-order valence-electron chi connectivity index (χ2n) is 4.45. The van der Waals surface area contributed by atoms with Gasteiger partial charge >= 0.3 is 0 Å². The number of ether oxygens (including phenoxy) is 1. The number of nitrogens with two attached hydrogens (primary N) is 1. The molecule has 0 saturated carbocycles. The van der Waals surface area contributed by atoms with Crippen molar-refractivity contribution in [3.63, 3.8) is 0 Å². The monoisotopic (exact) mass is 268 g/mol. The van der Waals surface area contributed by atoms with E-state index in [1.54, 1.807) is 13.3 Å². The van der Waals surface area contributed by atoms with E-state index in [1.807, 2.05) is 41.0 Å². The Morgan fingerprint density at radius 1 is 1.20 bits per heavy atom. The average Bonchev–Trinajstić information content (AvgIpc) is 2.86. The zero-order valence-electron chi connectivity index (χ0n) is 11.3. The fourth-order valence-corrected chi connectivity index (χ4v) is 2.25. The number of fused-ring (bicyclic) bond motifs is 1. The number of hydrogen-bond donors (Lipinski definition) is 1. The van der Waals surface area contributed by atoms with Gasteiger partial charge in [0, 0.05) is 6.42 Å². The van der Waals surface area contributed by atoms with Crippen molar-refractivity contribution in [2.75, 3.05) is 13.7 Å². The minimum atomic E-state index is 0.555. The second-order valence-corrected chi connectivity index (χ2v) is 4.45. The summed E-state index contributed by atoms with van der Waals surface area (Å²) in [4.78, 5) is 9.08. The van der Waals surface area contributed by atoms with Gasteiger partial charge < -0.3 is 10.5 Å². The molecule has 5 nitrogen and oxygen atoms in total. The number of methoxy groups -OCH3 is 1. The van der Waals surface area contributed by atoms with Gasteiger partial charge in [0.1, 0.15) is 17.4 Å². The van der Waals surface area contributed by atoms with Crippen molar-refractivity contribution < 1.29 is 4.74 Å². The number of benzene rings is 1. The van der Waals surface area contributed by atoms with Gasteiger partial charge in [-0.05, 0) is 30.8 Å². The Hall–Kier alpha value is -2.40. The molecule has 5 heteroatoms. The molecule has 3 rings (SSSR count). The van der Waals surface area contributed by atoms with Crippen LogP contribution in [0.1, 0.15) is 5.82 Å². The Morgan fingerprint density at radius 3 is 2.75 bits per heavy atom. The van der Waals surface area contributed by atoms with Gasteiger partial charge in [-0.15, -0.1) is 0 Å². The van der Waals surface area contributed by atoms with E-state index in [2.05, 4.69) is 9.97 Å². The summed E-state index contributed by atoms with van der Waals surface area (Å²) in [7, 11) is 1.63. The summed E-state index contributed by atoms with van der Waals surface area (Å²) in [6, 6.07) is 11.8. The maximum Gasteiger partial charge on any atom is 0.138 e. The van der Waals surface area contributed by atoms with Crippen LogP contribution >= 0.6 is 0 Å². The predicted molar refractivity (Wildman–Crippen MR) is 78.2 cm³/mol. The Bertz CT molecular complexity index is 718. The van der Waals surface area contributed by atoms with E-state index in [-0.39, 0.29) is 0 Å². The first-order valence-electron chi connectivity index (χ1n) is 6.50. The lowest BCUT2D eigenvalue weighted by Gasteiger charge is -2.08. The highest BCUT2D eigenvalue weighted by Gasteiger charge is 2.12. The van der Waals surface area contributed by atoms with Crippen LogP contribution in [0.4, 0.5) is 0 Å². The molecule has 0 aliphatic carbocycles. The molecule has 0 fully saturated rings. The van der Waals surface area contributed by atoms with Crippen LogP contribution in [0.25, 0.3) is 16.9 Å². The van der Waals surface area contributed by atoms with Crippen LogP contribution in [0, 0.1) is 0 Å². The van der Waals surface area contributed by atoms with Crippen molar-refractivity contribution in [2.24, 2.45) is 5.73 Å². The molecule has 0 aliphatic heterocycles. The minimum Gasteiger partial charge on any atom is -0.495 e. The highest BCUT2D eigenvalue weighted by atomic mass is 16.5. The molecule has 1 aromatic carbocycles. The van der Waals surface area contributed by atoms with E-state index in [4.69, 9.17) is 10.5 Å². The van der Waals surface area contributed by atoms with E-state index in [0.717, 1.165) is 28.4 Å². The molecular formula is C15H16N4O. The molecule has 0 bridgehead atoms. The Balaban J connectivity index is 2.18. The third-order valence-electron chi connectivity index (χ3n) is 3.18. The summed E-state index contributed by atoms with van der Waals surface area (Å²) in [6.07, 6.45) is 2.42. The molecule has 0 aliphatic rings. The van der Waals surface area contributed by atoms with Crippen LogP contribution in [0.15, 0.2) is 42.6 Å². The van der Waals surface area contributed by atoms with Crippen molar-refractivity contribution in [3.05, 3.63) is 48.4 Å². The number of nitrogens with zero attached hydrogens (tertiary/aromatic N) is 3. The third-order valence-corrected chi connectivity index (χ3v) is 3.18. The topological polar surface area (TPSA) is 66.0 Å². The summed E-state index contributed by atoms with van der Waals surface area (Å²) in [5, 5.41) is 0. The summed E-state index contributed by atoms with van der Waals surface area (Å²) in [5.41, 5.74) is 7.67. The summed E-state index contributed by atoms with van der Waals surface area (Å²) >= 11 is 0. The molecule has 2 N–H and O–H groups in total. The van der Waals surface area contributed by atoms with Crippen molar-refractivity contribution in [2.45, 2.75) is 6.42 Å². The van der Waals surface area contributed by atoms with Gasteiger partial charge in [0.15, 0.2) is 0 Å². The van der Waals surface area contributed by atoms with Crippen LogP contribution in [0.5, 0.6) is 5.75 Å². The molecule has 3 aromatic rings. The molecule has 0 atom stereocenters. The number of para-hydroxylation sites is 2. The maximum absolute atomic E-state index is 5.68. The Kier molecular flexibility index (Phi) is 3.35. The predicted octanol–water partition coefficient (Wildman–Crippen LogP) is 1.93. The largest absolute Gasteiger partial charge is 0.495 e. The lowest BCUT2D eigenvalue weighted by Crippen LogP contribution is -2.09. The van der Waals surface area contributed by atoms with Gasteiger partial charge in [0.05, 0.1) is 24.3 Å². The van der Waals surface area contributed by atoms with E-state index < -0.39 is 0 Å². The quantitative estimate of drug-likeness (QED) is 0.785. The Labute approximate surface area is 117 Å². The van der Waals surface area contributed by atoms with Gasteiger partial charge in [0.25, 0.3) is 0 Å². The molecular weight excluding hydrogens is 252 g/mol. The van der Waals surface area contributed by atoms with Crippen molar-refractivity contribution in [3.8, 4) is 11.6 Å². The summed E-state index contributed by atoms with van der Waals surface area (Å²) < 4.78 is 7.19. The Morgan fingerprint density at radius 2 is 2.05 bits per heavy atom. The zero-order chi connectivity index (χ0) is 13.9. The first-order chi connectivity index (χ1) is 9.83.